The zero-order valence-corrected chi connectivity index (χ0v) is 11.4. The van der Waals surface area contributed by atoms with Crippen LogP contribution < -0.4 is 5.32 Å². The van der Waals surface area contributed by atoms with Crippen LogP contribution in [0.5, 0.6) is 0 Å². The first-order valence-corrected chi connectivity index (χ1v) is 5.50. The Morgan fingerprint density at radius 2 is 2.06 bits per heavy atom. The Morgan fingerprint density at radius 3 is 2.76 bits per heavy atom. The molecule has 2 aromatic rings. The van der Waals surface area contributed by atoms with Crippen molar-refractivity contribution in [3.05, 3.63) is 30.1 Å². The largest absolute Gasteiger partial charge is 0.324 e. The summed E-state index contributed by atoms with van der Waals surface area (Å²) in [7, 11) is 0. The van der Waals surface area contributed by atoms with Crippen LogP contribution in [0.4, 0.5) is 0 Å². The second-order valence-electron chi connectivity index (χ2n) is 4.16. The molecule has 1 saturated heterocycles. The Balaban J connectivity index is 0.000000722. The summed E-state index contributed by atoms with van der Waals surface area (Å²) < 4.78 is 2.37. The van der Waals surface area contributed by atoms with Crippen molar-refractivity contribution in [1.29, 1.82) is 0 Å². The molecule has 3 rings (SSSR count). The van der Waals surface area contributed by atoms with E-state index in [4.69, 9.17) is 0 Å². The van der Waals surface area contributed by atoms with Gasteiger partial charge in [0.15, 0.2) is 0 Å². The first-order valence-electron chi connectivity index (χ1n) is 5.50. The van der Waals surface area contributed by atoms with E-state index in [1.54, 1.807) is 0 Å². The lowest BCUT2D eigenvalue weighted by Gasteiger charge is -2.13. The number of rotatable bonds is 1. The summed E-state index contributed by atoms with van der Waals surface area (Å²) in [5, 5.41) is 3.40. The standard InChI is InChI=1S/C12H15N3.2ClH/c1-9-14-11-4-2-3-5-12(11)15(9)10-6-7-13-8-10;;/h2-5,10,13H,6-8H2,1H3;2*1H. The molecule has 0 bridgehead atoms. The number of aryl methyl sites for hydroxylation is 1. The minimum atomic E-state index is 0. The molecule has 94 valence electrons. The highest BCUT2D eigenvalue weighted by Crippen LogP contribution is 2.24. The van der Waals surface area contributed by atoms with E-state index in [-0.39, 0.29) is 24.8 Å². The summed E-state index contributed by atoms with van der Waals surface area (Å²) in [4.78, 5) is 4.59. The number of nitrogens with one attached hydrogen (secondary N) is 1. The molecule has 1 fully saturated rings. The van der Waals surface area contributed by atoms with Crippen LogP contribution in [0.2, 0.25) is 0 Å². The number of imidazole rings is 1. The highest BCUT2D eigenvalue weighted by Gasteiger charge is 2.20. The lowest BCUT2D eigenvalue weighted by atomic mass is 10.2. The second-order valence-corrected chi connectivity index (χ2v) is 4.16. The number of halogens is 2. The van der Waals surface area contributed by atoms with Gasteiger partial charge in [0.05, 0.1) is 11.0 Å². The zero-order chi connectivity index (χ0) is 10.3. The van der Waals surface area contributed by atoms with E-state index < -0.39 is 0 Å². The third-order valence-corrected chi connectivity index (χ3v) is 3.17. The molecular weight excluding hydrogens is 257 g/mol. The fourth-order valence-electron chi connectivity index (χ4n) is 2.49. The van der Waals surface area contributed by atoms with Crippen molar-refractivity contribution in [2.24, 2.45) is 0 Å². The van der Waals surface area contributed by atoms with Crippen molar-refractivity contribution in [2.75, 3.05) is 13.1 Å². The van der Waals surface area contributed by atoms with Gasteiger partial charge in [0.2, 0.25) is 0 Å². The highest BCUT2D eigenvalue weighted by atomic mass is 35.5. The lowest BCUT2D eigenvalue weighted by molar-refractivity contribution is 0.548. The van der Waals surface area contributed by atoms with Crippen LogP contribution in [0.3, 0.4) is 0 Å². The van der Waals surface area contributed by atoms with Crippen molar-refractivity contribution < 1.29 is 0 Å². The topological polar surface area (TPSA) is 29.9 Å². The second kappa shape index (κ2) is 5.71. The van der Waals surface area contributed by atoms with Gasteiger partial charge in [0.25, 0.3) is 0 Å². The van der Waals surface area contributed by atoms with Crippen LogP contribution in [0.15, 0.2) is 24.3 Å². The highest BCUT2D eigenvalue weighted by molar-refractivity contribution is 5.85. The molecule has 0 saturated carbocycles. The smallest absolute Gasteiger partial charge is 0.107 e. The van der Waals surface area contributed by atoms with Crippen LogP contribution in [-0.4, -0.2) is 22.6 Å². The average Bonchev–Trinajstić information content (AvgIpc) is 2.82. The first-order chi connectivity index (χ1) is 7.36. The summed E-state index contributed by atoms with van der Waals surface area (Å²) in [6.45, 7) is 4.29. The predicted molar refractivity (Wildman–Crippen MR) is 75.5 cm³/mol. The van der Waals surface area contributed by atoms with E-state index in [1.165, 1.54) is 11.9 Å². The van der Waals surface area contributed by atoms with Gasteiger partial charge < -0.3 is 9.88 Å². The molecule has 2 heterocycles. The fourth-order valence-corrected chi connectivity index (χ4v) is 2.49. The van der Waals surface area contributed by atoms with Gasteiger partial charge in [-0.05, 0) is 32.0 Å². The maximum absolute atomic E-state index is 4.59. The van der Waals surface area contributed by atoms with Crippen molar-refractivity contribution in [3.63, 3.8) is 0 Å². The maximum Gasteiger partial charge on any atom is 0.107 e. The quantitative estimate of drug-likeness (QED) is 0.866. The number of fused-ring (bicyclic) bond motifs is 1. The Hall–Kier alpha value is -0.770. The number of benzene rings is 1. The van der Waals surface area contributed by atoms with Gasteiger partial charge in [-0.1, -0.05) is 12.1 Å². The molecule has 3 nitrogen and oxygen atoms in total. The number of hydrogen-bond acceptors (Lipinski definition) is 2. The zero-order valence-electron chi connectivity index (χ0n) is 9.72. The van der Waals surface area contributed by atoms with Gasteiger partial charge in [-0.25, -0.2) is 4.98 Å². The normalized spacial score (nSPS) is 18.8. The maximum atomic E-state index is 4.59. The molecule has 1 N–H and O–H groups in total. The molecule has 17 heavy (non-hydrogen) atoms. The van der Waals surface area contributed by atoms with Gasteiger partial charge in [-0.15, -0.1) is 24.8 Å². The van der Waals surface area contributed by atoms with Crippen molar-refractivity contribution >= 4 is 35.8 Å². The number of para-hydroxylation sites is 2. The van der Waals surface area contributed by atoms with Gasteiger partial charge in [-0.3, -0.25) is 0 Å². The van der Waals surface area contributed by atoms with Crippen LogP contribution >= 0.6 is 24.8 Å². The molecule has 1 aliphatic rings. The van der Waals surface area contributed by atoms with Crippen LogP contribution in [0.25, 0.3) is 11.0 Å². The molecule has 1 aliphatic heterocycles. The summed E-state index contributed by atoms with van der Waals surface area (Å²) in [6.07, 6.45) is 1.21. The first kappa shape index (κ1) is 14.3. The summed E-state index contributed by atoms with van der Waals surface area (Å²) in [5.41, 5.74) is 2.38. The Bertz CT molecular complexity index is 489. The van der Waals surface area contributed by atoms with E-state index in [1.807, 2.05) is 6.07 Å². The number of nitrogens with zero attached hydrogens (tertiary/aromatic N) is 2. The minimum Gasteiger partial charge on any atom is -0.324 e. The predicted octanol–water partition coefficient (Wildman–Crippen LogP) is 2.72. The molecular formula is C12H17Cl2N3. The SMILES string of the molecule is Cc1nc2ccccc2n1C1CCNC1.Cl.Cl. The van der Waals surface area contributed by atoms with Crippen molar-refractivity contribution in [2.45, 2.75) is 19.4 Å². The third kappa shape index (κ3) is 2.41. The Labute approximate surface area is 113 Å². The molecule has 1 aromatic carbocycles. The Morgan fingerprint density at radius 1 is 1.29 bits per heavy atom. The number of hydrogen-bond donors (Lipinski definition) is 1. The van der Waals surface area contributed by atoms with Crippen LogP contribution in [-0.2, 0) is 0 Å². The summed E-state index contributed by atoms with van der Waals surface area (Å²) in [5.74, 6) is 1.13. The van der Waals surface area contributed by atoms with Gasteiger partial charge in [0.1, 0.15) is 5.82 Å². The lowest BCUT2D eigenvalue weighted by Crippen LogP contribution is -2.14. The molecule has 0 aliphatic carbocycles. The molecule has 1 unspecified atom stereocenters. The molecule has 0 spiro atoms. The fraction of sp³-hybridized carbons (Fsp3) is 0.417. The summed E-state index contributed by atoms with van der Waals surface area (Å²) in [6, 6.07) is 8.96. The van der Waals surface area contributed by atoms with Crippen molar-refractivity contribution in [1.82, 2.24) is 14.9 Å². The number of aromatic nitrogens is 2. The molecule has 5 heteroatoms. The molecule has 0 amide bonds. The Kier molecular flexibility index (Phi) is 4.80. The van der Waals surface area contributed by atoms with Crippen LogP contribution in [0, 0.1) is 6.92 Å². The summed E-state index contributed by atoms with van der Waals surface area (Å²) >= 11 is 0. The van der Waals surface area contributed by atoms with E-state index in [9.17, 15) is 0 Å². The van der Waals surface area contributed by atoms with Gasteiger partial charge in [0, 0.05) is 12.6 Å². The molecule has 1 atom stereocenters. The third-order valence-electron chi connectivity index (χ3n) is 3.17. The van der Waals surface area contributed by atoms with E-state index in [2.05, 4.69) is 40.0 Å². The average molecular weight is 274 g/mol. The minimum absolute atomic E-state index is 0. The van der Waals surface area contributed by atoms with E-state index in [0.29, 0.717) is 6.04 Å². The monoisotopic (exact) mass is 273 g/mol. The molecule has 1 aromatic heterocycles. The van der Waals surface area contributed by atoms with E-state index in [0.717, 1.165) is 24.4 Å². The molecule has 0 radical (unpaired) electrons. The van der Waals surface area contributed by atoms with Gasteiger partial charge >= 0.3 is 0 Å². The van der Waals surface area contributed by atoms with Crippen LogP contribution in [0.1, 0.15) is 18.3 Å². The van der Waals surface area contributed by atoms with Crippen molar-refractivity contribution in [3.8, 4) is 0 Å². The van der Waals surface area contributed by atoms with E-state index >= 15 is 0 Å². The van der Waals surface area contributed by atoms with Gasteiger partial charge in [-0.2, -0.15) is 0 Å².